The standard InChI is InChI=1S/C13H18FNO/c1-10(12-6-7-16-9-12)15-8-11-2-4-13(14)5-3-11/h2-5,10,12,15H,6-9H2,1H3. The third-order valence-electron chi connectivity index (χ3n) is 3.21. The highest BCUT2D eigenvalue weighted by Gasteiger charge is 2.21. The van der Waals surface area contributed by atoms with Crippen molar-refractivity contribution in [2.75, 3.05) is 13.2 Å². The molecule has 2 unspecified atom stereocenters. The average molecular weight is 223 g/mol. The number of rotatable bonds is 4. The van der Waals surface area contributed by atoms with Crippen LogP contribution in [0.3, 0.4) is 0 Å². The lowest BCUT2D eigenvalue weighted by Gasteiger charge is -2.19. The number of ether oxygens (including phenoxy) is 1. The van der Waals surface area contributed by atoms with Crippen LogP contribution in [0.15, 0.2) is 24.3 Å². The summed E-state index contributed by atoms with van der Waals surface area (Å²) in [4.78, 5) is 0. The summed E-state index contributed by atoms with van der Waals surface area (Å²) >= 11 is 0. The molecule has 1 aliphatic heterocycles. The van der Waals surface area contributed by atoms with Gasteiger partial charge in [0.1, 0.15) is 5.82 Å². The van der Waals surface area contributed by atoms with Crippen LogP contribution in [-0.4, -0.2) is 19.3 Å². The van der Waals surface area contributed by atoms with E-state index in [9.17, 15) is 4.39 Å². The maximum atomic E-state index is 12.7. The fourth-order valence-electron chi connectivity index (χ4n) is 1.99. The Balaban J connectivity index is 1.80. The second-order valence-electron chi connectivity index (χ2n) is 4.42. The van der Waals surface area contributed by atoms with E-state index in [0.29, 0.717) is 12.0 Å². The highest BCUT2D eigenvalue weighted by molar-refractivity contribution is 5.15. The molecule has 88 valence electrons. The van der Waals surface area contributed by atoms with Crippen molar-refractivity contribution in [1.29, 1.82) is 0 Å². The molecule has 0 amide bonds. The van der Waals surface area contributed by atoms with Crippen molar-refractivity contribution in [1.82, 2.24) is 5.32 Å². The van der Waals surface area contributed by atoms with Crippen molar-refractivity contribution in [3.63, 3.8) is 0 Å². The maximum absolute atomic E-state index is 12.7. The van der Waals surface area contributed by atoms with Gasteiger partial charge in [-0.05, 0) is 37.0 Å². The highest BCUT2D eigenvalue weighted by atomic mass is 19.1. The first-order valence-electron chi connectivity index (χ1n) is 5.81. The third kappa shape index (κ3) is 3.03. The molecule has 0 bridgehead atoms. The fraction of sp³-hybridized carbons (Fsp3) is 0.538. The predicted molar refractivity (Wildman–Crippen MR) is 61.6 cm³/mol. The second-order valence-corrected chi connectivity index (χ2v) is 4.42. The van der Waals surface area contributed by atoms with Crippen molar-refractivity contribution in [2.45, 2.75) is 25.9 Å². The summed E-state index contributed by atoms with van der Waals surface area (Å²) in [5, 5.41) is 3.46. The molecule has 1 N–H and O–H groups in total. The Morgan fingerprint density at radius 3 is 2.81 bits per heavy atom. The monoisotopic (exact) mass is 223 g/mol. The van der Waals surface area contributed by atoms with Crippen LogP contribution in [0.4, 0.5) is 4.39 Å². The molecule has 1 aromatic carbocycles. The lowest BCUT2D eigenvalue weighted by atomic mass is 10.0. The number of nitrogens with one attached hydrogen (secondary N) is 1. The van der Waals surface area contributed by atoms with Gasteiger partial charge in [-0.2, -0.15) is 0 Å². The highest BCUT2D eigenvalue weighted by Crippen LogP contribution is 2.16. The molecule has 3 heteroatoms. The van der Waals surface area contributed by atoms with Gasteiger partial charge in [-0.3, -0.25) is 0 Å². The Morgan fingerprint density at radius 2 is 2.19 bits per heavy atom. The number of hydrogen-bond acceptors (Lipinski definition) is 2. The molecule has 1 aliphatic rings. The van der Waals surface area contributed by atoms with Crippen LogP contribution < -0.4 is 5.32 Å². The van der Waals surface area contributed by atoms with Gasteiger partial charge in [0.2, 0.25) is 0 Å². The molecule has 0 aliphatic carbocycles. The minimum absolute atomic E-state index is 0.180. The lowest BCUT2D eigenvalue weighted by Crippen LogP contribution is -2.33. The van der Waals surface area contributed by atoms with E-state index in [1.807, 2.05) is 12.1 Å². The van der Waals surface area contributed by atoms with E-state index < -0.39 is 0 Å². The predicted octanol–water partition coefficient (Wildman–Crippen LogP) is 2.34. The molecule has 0 radical (unpaired) electrons. The molecule has 1 saturated heterocycles. The van der Waals surface area contributed by atoms with Crippen LogP contribution in [-0.2, 0) is 11.3 Å². The first-order chi connectivity index (χ1) is 7.75. The van der Waals surface area contributed by atoms with Gasteiger partial charge in [0.25, 0.3) is 0 Å². The van der Waals surface area contributed by atoms with Crippen molar-refractivity contribution in [2.24, 2.45) is 5.92 Å². The van der Waals surface area contributed by atoms with E-state index >= 15 is 0 Å². The van der Waals surface area contributed by atoms with Crippen LogP contribution >= 0.6 is 0 Å². The van der Waals surface area contributed by atoms with Crippen LogP contribution in [0, 0.1) is 11.7 Å². The van der Waals surface area contributed by atoms with E-state index in [0.717, 1.165) is 31.7 Å². The lowest BCUT2D eigenvalue weighted by molar-refractivity contribution is 0.178. The summed E-state index contributed by atoms with van der Waals surface area (Å²) in [6.07, 6.45) is 1.14. The molecular formula is C13H18FNO. The minimum atomic E-state index is -0.180. The zero-order chi connectivity index (χ0) is 11.4. The zero-order valence-corrected chi connectivity index (χ0v) is 9.58. The van der Waals surface area contributed by atoms with Crippen molar-refractivity contribution >= 4 is 0 Å². The van der Waals surface area contributed by atoms with E-state index in [-0.39, 0.29) is 5.82 Å². The summed E-state index contributed by atoms with van der Waals surface area (Å²) < 4.78 is 18.1. The smallest absolute Gasteiger partial charge is 0.123 e. The molecule has 16 heavy (non-hydrogen) atoms. The molecular weight excluding hydrogens is 205 g/mol. The van der Waals surface area contributed by atoms with E-state index in [1.165, 1.54) is 12.1 Å². The average Bonchev–Trinajstić information content (AvgIpc) is 2.81. The molecule has 1 aromatic rings. The Bertz CT molecular complexity index is 319. The van der Waals surface area contributed by atoms with Crippen molar-refractivity contribution in [3.05, 3.63) is 35.6 Å². The van der Waals surface area contributed by atoms with Crippen molar-refractivity contribution in [3.8, 4) is 0 Å². The minimum Gasteiger partial charge on any atom is -0.381 e. The van der Waals surface area contributed by atoms with Crippen LogP contribution in [0.1, 0.15) is 18.9 Å². The maximum Gasteiger partial charge on any atom is 0.123 e. The zero-order valence-electron chi connectivity index (χ0n) is 9.58. The molecule has 0 spiro atoms. The van der Waals surface area contributed by atoms with E-state index in [2.05, 4.69) is 12.2 Å². The third-order valence-corrected chi connectivity index (χ3v) is 3.21. The summed E-state index contributed by atoms with van der Waals surface area (Å²) in [7, 11) is 0. The molecule has 2 rings (SSSR count). The Hall–Kier alpha value is -0.930. The van der Waals surface area contributed by atoms with Gasteiger partial charge in [0, 0.05) is 19.2 Å². The molecule has 1 heterocycles. The molecule has 0 saturated carbocycles. The van der Waals surface area contributed by atoms with Gasteiger partial charge in [0.05, 0.1) is 6.61 Å². The quantitative estimate of drug-likeness (QED) is 0.846. The van der Waals surface area contributed by atoms with Crippen molar-refractivity contribution < 1.29 is 9.13 Å². The number of hydrogen-bond donors (Lipinski definition) is 1. The van der Waals surface area contributed by atoms with Gasteiger partial charge < -0.3 is 10.1 Å². The molecule has 2 nitrogen and oxygen atoms in total. The first kappa shape index (κ1) is 11.6. The Kier molecular flexibility index (Phi) is 3.91. The summed E-state index contributed by atoms with van der Waals surface area (Å²) in [6, 6.07) is 7.09. The summed E-state index contributed by atoms with van der Waals surface area (Å²) in [5.74, 6) is 0.432. The Labute approximate surface area is 95.8 Å². The normalized spacial score (nSPS) is 22.2. The second kappa shape index (κ2) is 5.41. The first-order valence-corrected chi connectivity index (χ1v) is 5.81. The van der Waals surface area contributed by atoms with Crippen LogP contribution in [0.25, 0.3) is 0 Å². The molecule has 0 aromatic heterocycles. The van der Waals surface area contributed by atoms with Crippen LogP contribution in [0.5, 0.6) is 0 Å². The van der Waals surface area contributed by atoms with Gasteiger partial charge in [-0.25, -0.2) is 4.39 Å². The SMILES string of the molecule is CC(NCc1ccc(F)cc1)C1CCOC1. The molecule has 1 fully saturated rings. The largest absolute Gasteiger partial charge is 0.381 e. The topological polar surface area (TPSA) is 21.3 Å². The Morgan fingerprint density at radius 1 is 1.44 bits per heavy atom. The number of halogens is 1. The molecule has 2 atom stereocenters. The van der Waals surface area contributed by atoms with Crippen LogP contribution in [0.2, 0.25) is 0 Å². The van der Waals surface area contributed by atoms with Gasteiger partial charge in [-0.15, -0.1) is 0 Å². The fourth-order valence-corrected chi connectivity index (χ4v) is 1.99. The number of benzene rings is 1. The summed E-state index contributed by atoms with van der Waals surface area (Å²) in [6.45, 7) is 4.71. The van der Waals surface area contributed by atoms with Gasteiger partial charge >= 0.3 is 0 Å². The van der Waals surface area contributed by atoms with E-state index in [4.69, 9.17) is 4.74 Å². The summed E-state index contributed by atoms with van der Waals surface area (Å²) in [5.41, 5.74) is 1.12. The van der Waals surface area contributed by atoms with Gasteiger partial charge in [-0.1, -0.05) is 12.1 Å². The van der Waals surface area contributed by atoms with Gasteiger partial charge in [0.15, 0.2) is 0 Å². The van der Waals surface area contributed by atoms with E-state index in [1.54, 1.807) is 0 Å².